The predicted octanol–water partition coefficient (Wildman–Crippen LogP) is 2.31. The van der Waals surface area contributed by atoms with E-state index in [0.717, 1.165) is 10.9 Å². The molecule has 0 radical (unpaired) electrons. The van der Waals surface area contributed by atoms with E-state index in [9.17, 15) is 0 Å². The molecule has 0 saturated heterocycles. The number of hydrogen-bond donors (Lipinski definition) is 0. The van der Waals surface area contributed by atoms with E-state index in [1.165, 1.54) is 6.33 Å². The number of halogens is 2. The van der Waals surface area contributed by atoms with E-state index in [1.54, 1.807) is 12.4 Å². The zero-order valence-electron chi connectivity index (χ0n) is 5.17. The molecule has 0 fully saturated rings. The Labute approximate surface area is 76.3 Å². The first-order valence-electron chi connectivity index (χ1n) is 2.79. The van der Waals surface area contributed by atoms with Crippen LogP contribution in [0.2, 0.25) is 0 Å². The lowest BCUT2D eigenvalue weighted by Crippen LogP contribution is -1.91. The molecule has 0 spiro atoms. The van der Waals surface area contributed by atoms with Crippen molar-refractivity contribution in [3.63, 3.8) is 0 Å². The van der Waals surface area contributed by atoms with Crippen molar-refractivity contribution in [2.45, 2.75) is 4.83 Å². The summed E-state index contributed by atoms with van der Waals surface area (Å²) in [7, 11) is 0. The number of aromatic nitrogens is 2. The molecule has 0 aromatic carbocycles. The highest BCUT2D eigenvalue weighted by molar-refractivity contribution is 9.12. The fourth-order valence-electron chi connectivity index (χ4n) is 0.561. The zero-order valence-corrected chi connectivity index (χ0v) is 8.34. The lowest BCUT2D eigenvalue weighted by atomic mass is 10.3. The summed E-state index contributed by atoms with van der Waals surface area (Å²) in [5.41, 5.74) is 1.10. The van der Waals surface area contributed by atoms with Crippen molar-refractivity contribution in [1.82, 2.24) is 9.97 Å². The van der Waals surface area contributed by atoms with Crippen molar-refractivity contribution < 1.29 is 0 Å². The van der Waals surface area contributed by atoms with Gasteiger partial charge in [-0.05, 0) is 0 Å². The van der Waals surface area contributed by atoms with E-state index in [2.05, 4.69) is 41.8 Å². The first kappa shape index (κ1) is 8.14. The van der Waals surface area contributed by atoms with Crippen molar-refractivity contribution in [2.75, 3.05) is 5.33 Å². The maximum Gasteiger partial charge on any atom is 0.115 e. The van der Waals surface area contributed by atoms with E-state index >= 15 is 0 Å². The van der Waals surface area contributed by atoms with Gasteiger partial charge in [-0.15, -0.1) is 0 Å². The molecule has 0 aliphatic rings. The summed E-state index contributed by atoms with van der Waals surface area (Å²) in [5.74, 6) is 0. The quantitative estimate of drug-likeness (QED) is 0.767. The van der Waals surface area contributed by atoms with Gasteiger partial charge in [0, 0.05) is 23.3 Å². The summed E-state index contributed by atoms with van der Waals surface area (Å²) in [6.45, 7) is 0. The Hall–Kier alpha value is 0.0400. The largest absolute Gasteiger partial charge is 0.244 e. The van der Waals surface area contributed by atoms with Crippen LogP contribution in [0.15, 0.2) is 18.7 Å². The minimum absolute atomic E-state index is 0.314. The third-order valence-electron chi connectivity index (χ3n) is 1.08. The summed E-state index contributed by atoms with van der Waals surface area (Å²) in [6, 6.07) is 0. The molecule has 0 aliphatic heterocycles. The molecule has 1 unspecified atom stereocenters. The van der Waals surface area contributed by atoms with Crippen LogP contribution >= 0.6 is 31.9 Å². The Morgan fingerprint density at radius 2 is 2.00 bits per heavy atom. The van der Waals surface area contributed by atoms with Gasteiger partial charge in [0.1, 0.15) is 6.33 Å². The predicted molar refractivity (Wildman–Crippen MR) is 47.5 cm³/mol. The van der Waals surface area contributed by atoms with E-state index in [1.807, 2.05) is 0 Å². The van der Waals surface area contributed by atoms with Crippen LogP contribution in [0, 0.1) is 0 Å². The first-order chi connectivity index (χ1) is 4.84. The van der Waals surface area contributed by atoms with Gasteiger partial charge in [0.15, 0.2) is 0 Å². The molecule has 0 N–H and O–H groups in total. The molecule has 1 heterocycles. The van der Waals surface area contributed by atoms with Crippen LogP contribution in [0.3, 0.4) is 0 Å². The van der Waals surface area contributed by atoms with Crippen molar-refractivity contribution in [3.8, 4) is 0 Å². The molecule has 0 bridgehead atoms. The molecule has 1 aromatic heterocycles. The summed E-state index contributed by atoms with van der Waals surface area (Å²) in [4.78, 5) is 8.10. The molecule has 54 valence electrons. The number of rotatable bonds is 2. The van der Waals surface area contributed by atoms with Crippen molar-refractivity contribution in [3.05, 3.63) is 24.3 Å². The van der Waals surface area contributed by atoms with Gasteiger partial charge in [-0.2, -0.15) is 0 Å². The average molecular weight is 266 g/mol. The molecule has 4 heteroatoms. The van der Waals surface area contributed by atoms with Gasteiger partial charge < -0.3 is 0 Å². The fraction of sp³-hybridized carbons (Fsp3) is 0.333. The van der Waals surface area contributed by atoms with Gasteiger partial charge in [-0.3, -0.25) is 0 Å². The van der Waals surface area contributed by atoms with Crippen LogP contribution < -0.4 is 0 Å². The number of nitrogens with zero attached hydrogens (tertiary/aromatic N) is 2. The van der Waals surface area contributed by atoms with Crippen molar-refractivity contribution >= 4 is 31.9 Å². The second kappa shape index (κ2) is 4.03. The SMILES string of the molecule is BrCC(Br)c1cncnc1. The smallest absolute Gasteiger partial charge is 0.115 e. The van der Waals surface area contributed by atoms with E-state index in [0.29, 0.717) is 4.83 Å². The van der Waals surface area contributed by atoms with Gasteiger partial charge in [0.05, 0.1) is 4.83 Å². The van der Waals surface area contributed by atoms with Crippen LogP contribution in [-0.4, -0.2) is 15.3 Å². The third kappa shape index (κ3) is 2.02. The van der Waals surface area contributed by atoms with E-state index in [4.69, 9.17) is 0 Å². The lowest BCUT2D eigenvalue weighted by molar-refractivity contribution is 1.05. The standard InChI is InChI=1S/C6H6Br2N2/c7-1-6(8)5-2-9-4-10-3-5/h2-4,6H,1H2. The zero-order chi connectivity index (χ0) is 7.40. The normalized spacial score (nSPS) is 13.0. The monoisotopic (exact) mass is 264 g/mol. The molecule has 1 rings (SSSR count). The molecule has 0 amide bonds. The summed E-state index contributed by atoms with van der Waals surface area (Å²) in [5, 5.41) is 0.875. The Morgan fingerprint density at radius 1 is 1.40 bits per heavy atom. The summed E-state index contributed by atoms with van der Waals surface area (Å²) in [6.07, 6.45) is 5.12. The van der Waals surface area contributed by atoms with Crippen LogP contribution in [0.5, 0.6) is 0 Å². The molecule has 0 saturated carbocycles. The Bertz CT molecular complexity index is 190. The highest BCUT2D eigenvalue weighted by atomic mass is 79.9. The van der Waals surface area contributed by atoms with Crippen molar-refractivity contribution in [2.24, 2.45) is 0 Å². The third-order valence-corrected chi connectivity index (χ3v) is 3.45. The molecule has 0 aliphatic carbocycles. The molecular weight excluding hydrogens is 260 g/mol. The van der Waals surface area contributed by atoms with Crippen LogP contribution in [-0.2, 0) is 0 Å². The molecule has 2 nitrogen and oxygen atoms in total. The number of hydrogen-bond acceptors (Lipinski definition) is 2. The highest BCUT2D eigenvalue weighted by Crippen LogP contribution is 2.22. The Balaban J connectivity index is 2.75. The van der Waals surface area contributed by atoms with Gasteiger partial charge in [-0.1, -0.05) is 31.9 Å². The van der Waals surface area contributed by atoms with E-state index < -0.39 is 0 Å². The Kier molecular flexibility index (Phi) is 3.28. The molecular formula is C6H6Br2N2. The summed E-state index contributed by atoms with van der Waals surface area (Å²) < 4.78 is 0. The molecule has 10 heavy (non-hydrogen) atoms. The Morgan fingerprint density at radius 3 is 2.50 bits per heavy atom. The molecule has 1 atom stereocenters. The maximum absolute atomic E-state index is 3.89. The topological polar surface area (TPSA) is 25.8 Å². The van der Waals surface area contributed by atoms with Crippen LogP contribution in [0.1, 0.15) is 10.4 Å². The minimum atomic E-state index is 0.314. The van der Waals surface area contributed by atoms with Gasteiger partial charge >= 0.3 is 0 Å². The maximum atomic E-state index is 3.89. The summed E-state index contributed by atoms with van der Waals surface area (Å²) >= 11 is 6.81. The van der Waals surface area contributed by atoms with Gasteiger partial charge in [0.25, 0.3) is 0 Å². The van der Waals surface area contributed by atoms with E-state index in [-0.39, 0.29) is 0 Å². The van der Waals surface area contributed by atoms with Crippen LogP contribution in [0.4, 0.5) is 0 Å². The van der Waals surface area contributed by atoms with Gasteiger partial charge in [-0.25, -0.2) is 9.97 Å². The lowest BCUT2D eigenvalue weighted by Gasteiger charge is -2.02. The van der Waals surface area contributed by atoms with Crippen LogP contribution in [0.25, 0.3) is 0 Å². The highest BCUT2D eigenvalue weighted by Gasteiger charge is 2.03. The fourth-order valence-corrected chi connectivity index (χ4v) is 1.17. The van der Waals surface area contributed by atoms with Gasteiger partial charge in [0.2, 0.25) is 0 Å². The minimum Gasteiger partial charge on any atom is -0.244 e. The second-order valence-electron chi connectivity index (χ2n) is 1.79. The van der Waals surface area contributed by atoms with Crippen molar-refractivity contribution in [1.29, 1.82) is 0 Å². The second-order valence-corrected chi connectivity index (χ2v) is 3.55. The average Bonchev–Trinajstić information content (AvgIpc) is 2.05. The molecule has 1 aromatic rings. The first-order valence-corrected chi connectivity index (χ1v) is 4.83. The number of alkyl halides is 2.